The second-order valence-electron chi connectivity index (χ2n) is 6.24. The lowest BCUT2D eigenvalue weighted by molar-refractivity contribution is 0.102. The van der Waals surface area contributed by atoms with Gasteiger partial charge in [-0.1, -0.05) is 47.7 Å². The number of aromatic nitrogens is 2. The summed E-state index contributed by atoms with van der Waals surface area (Å²) in [5, 5.41) is 12.0. The number of carbonyl (C=O) groups is 1. The summed E-state index contributed by atoms with van der Waals surface area (Å²) in [5.41, 5.74) is 1.44. The standard InChI is InChI=1S/C23H25N3O4S/c1-4-28-18-14-17(15-19(29-5-2)21(18)30-6-3)22(27)24-23-26-25-20(31-23)13-12-16-10-8-7-9-11-16/h7-15H,4-6H2,1-3H3,(H,24,26,27)/b13-12+. The Hall–Kier alpha value is -3.39. The molecule has 8 heteroatoms. The van der Waals surface area contributed by atoms with E-state index in [1.807, 2.05) is 63.3 Å². The van der Waals surface area contributed by atoms with E-state index in [0.29, 0.717) is 52.8 Å². The number of hydrogen-bond acceptors (Lipinski definition) is 7. The molecular formula is C23H25N3O4S. The average Bonchev–Trinajstić information content (AvgIpc) is 3.22. The van der Waals surface area contributed by atoms with Crippen LogP contribution in [0.2, 0.25) is 0 Å². The topological polar surface area (TPSA) is 82.6 Å². The van der Waals surface area contributed by atoms with Crippen molar-refractivity contribution in [3.05, 3.63) is 58.6 Å². The summed E-state index contributed by atoms with van der Waals surface area (Å²) in [6.07, 6.45) is 3.81. The molecule has 0 aliphatic heterocycles. The van der Waals surface area contributed by atoms with Gasteiger partial charge in [-0.25, -0.2) is 0 Å². The Morgan fingerprint density at radius 3 is 2.19 bits per heavy atom. The van der Waals surface area contributed by atoms with E-state index in [-0.39, 0.29) is 5.91 Å². The maximum atomic E-state index is 12.8. The molecule has 0 aliphatic carbocycles. The van der Waals surface area contributed by atoms with Crippen LogP contribution in [0.5, 0.6) is 17.2 Å². The molecule has 2 aromatic carbocycles. The average molecular weight is 440 g/mol. The highest BCUT2D eigenvalue weighted by molar-refractivity contribution is 7.16. The molecule has 0 bridgehead atoms. The lowest BCUT2D eigenvalue weighted by Crippen LogP contribution is -2.13. The van der Waals surface area contributed by atoms with E-state index in [1.165, 1.54) is 11.3 Å². The first-order chi connectivity index (χ1) is 15.1. The van der Waals surface area contributed by atoms with Crippen molar-refractivity contribution in [1.82, 2.24) is 10.2 Å². The molecule has 0 aliphatic rings. The quantitative estimate of drug-likeness (QED) is 0.470. The number of hydrogen-bond donors (Lipinski definition) is 1. The predicted octanol–water partition coefficient (Wildman–Crippen LogP) is 5.16. The summed E-state index contributed by atoms with van der Waals surface area (Å²) >= 11 is 1.29. The number of amides is 1. The number of benzene rings is 2. The van der Waals surface area contributed by atoms with Crippen molar-refractivity contribution in [1.29, 1.82) is 0 Å². The number of anilines is 1. The third-order valence-corrected chi connectivity index (χ3v) is 4.85. The van der Waals surface area contributed by atoms with E-state index in [0.717, 1.165) is 5.56 Å². The van der Waals surface area contributed by atoms with E-state index in [1.54, 1.807) is 12.1 Å². The normalized spacial score (nSPS) is 10.8. The molecule has 1 aromatic heterocycles. The molecular weight excluding hydrogens is 414 g/mol. The van der Waals surface area contributed by atoms with Crippen molar-refractivity contribution in [2.24, 2.45) is 0 Å². The van der Waals surface area contributed by atoms with Gasteiger partial charge in [0.05, 0.1) is 19.8 Å². The Morgan fingerprint density at radius 2 is 1.58 bits per heavy atom. The lowest BCUT2D eigenvalue weighted by Gasteiger charge is -2.16. The minimum atomic E-state index is -0.334. The van der Waals surface area contributed by atoms with Gasteiger partial charge >= 0.3 is 0 Å². The van der Waals surface area contributed by atoms with Crippen LogP contribution in [0.4, 0.5) is 5.13 Å². The Bertz CT molecular complexity index is 1010. The minimum Gasteiger partial charge on any atom is -0.490 e. The first kappa shape index (κ1) is 22.3. The van der Waals surface area contributed by atoms with Gasteiger partial charge < -0.3 is 14.2 Å². The van der Waals surface area contributed by atoms with Crippen molar-refractivity contribution in [3.8, 4) is 17.2 Å². The molecule has 0 radical (unpaired) electrons. The zero-order valence-corrected chi connectivity index (χ0v) is 18.6. The second kappa shape index (κ2) is 11.1. The van der Waals surface area contributed by atoms with Crippen molar-refractivity contribution >= 4 is 34.5 Å². The van der Waals surface area contributed by atoms with Gasteiger partial charge in [0, 0.05) is 5.56 Å². The van der Waals surface area contributed by atoms with Crippen molar-refractivity contribution < 1.29 is 19.0 Å². The molecule has 3 aromatic rings. The highest BCUT2D eigenvalue weighted by Crippen LogP contribution is 2.39. The Morgan fingerprint density at radius 1 is 0.935 bits per heavy atom. The maximum absolute atomic E-state index is 12.8. The fourth-order valence-corrected chi connectivity index (χ4v) is 3.41. The van der Waals surface area contributed by atoms with Gasteiger partial charge in [-0.15, -0.1) is 10.2 Å². The fraction of sp³-hybridized carbons (Fsp3) is 0.261. The third-order valence-electron chi connectivity index (χ3n) is 4.05. The summed E-state index contributed by atoms with van der Waals surface area (Å²) in [5.74, 6) is 1.08. The second-order valence-corrected chi connectivity index (χ2v) is 7.25. The maximum Gasteiger partial charge on any atom is 0.257 e. The number of ether oxygens (including phenoxy) is 3. The number of rotatable bonds is 10. The zero-order chi connectivity index (χ0) is 22.1. The Labute approximate surface area is 185 Å². The Balaban J connectivity index is 1.78. The van der Waals surface area contributed by atoms with Crippen LogP contribution in [0.25, 0.3) is 12.2 Å². The summed E-state index contributed by atoms with van der Waals surface area (Å²) in [6, 6.07) is 13.2. The molecule has 31 heavy (non-hydrogen) atoms. The first-order valence-electron chi connectivity index (χ1n) is 10.1. The summed E-state index contributed by atoms with van der Waals surface area (Å²) < 4.78 is 17.0. The van der Waals surface area contributed by atoms with E-state index in [4.69, 9.17) is 14.2 Å². The van der Waals surface area contributed by atoms with Crippen molar-refractivity contribution in [2.45, 2.75) is 20.8 Å². The molecule has 0 unspecified atom stereocenters. The van der Waals surface area contributed by atoms with Crippen LogP contribution in [-0.4, -0.2) is 35.9 Å². The number of nitrogens with zero attached hydrogens (tertiary/aromatic N) is 2. The number of nitrogens with one attached hydrogen (secondary N) is 1. The van der Waals surface area contributed by atoms with Gasteiger partial charge in [0.2, 0.25) is 10.9 Å². The fourth-order valence-electron chi connectivity index (χ4n) is 2.77. The van der Waals surface area contributed by atoms with Crippen LogP contribution < -0.4 is 19.5 Å². The highest BCUT2D eigenvalue weighted by Gasteiger charge is 2.19. The molecule has 1 amide bonds. The van der Waals surface area contributed by atoms with Gasteiger partial charge in [0.15, 0.2) is 11.5 Å². The van der Waals surface area contributed by atoms with E-state index < -0.39 is 0 Å². The zero-order valence-electron chi connectivity index (χ0n) is 17.8. The summed E-state index contributed by atoms with van der Waals surface area (Å²) in [6.45, 7) is 6.94. The van der Waals surface area contributed by atoms with Gasteiger partial charge in [0.1, 0.15) is 5.01 Å². The predicted molar refractivity (Wildman–Crippen MR) is 123 cm³/mol. The Kier molecular flexibility index (Phi) is 8.00. The van der Waals surface area contributed by atoms with Crippen LogP contribution in [0.1, 0.15) is 41.7 Å². The monoisotopic (exact) mass is 439 g/mol. The van der Waals surface area contributed by atoms with Crippen molar-refractivity contribution in [3.63, 3.8) is 0 Å². The molecule has 1 heterocycles. The molecule has 0 fully saturated rings. The van der Waals surface area contributed by atoms with Crippen LogP contribution in [0.3, 0.4) is 0 Å². The van der Waals surface area contributed by atoms with Crippen LogP contribution in [-0.2, 0) is 0 Å². The molecule has 0 atom stereocenters. The summed E-state index contributed by atoms with van der Waals surface area (Å²) in [4.78, 5) is 12.8. The van der Waals surface area contributed by atoms with Gasteiger partial charge in [-0.2, -0.15) is 0 Å². The van der Waals surface area contributed by atoms with Crippen LogP contribution >= 0.6 is 11.3 Å². The van der Waals surface area contributed by atoms with Gasteiger partial charge in [-0.05, 0) is 44.5 Å². The van der Waals surface area contributed by atoms with E-state index in [2.05, 4.69) is 15.5 Å². The SMILES string of the molecule is CCOc1cc(C(=O)Nc2nnc(/C=C/c3ccccc3)s2)cc(OCC)c1OCC. The molecule has 0 saturated carbocycles. The first-order valence-corrected chi connectivity index (χ1v) is 10.9. The van der Waals surface area contributed by atoms with Gasteiger partial charge in [0.25, 0.3) is 5.91 Å². The molecule has 7 nitrogen and oxygen atoms in total. The highest BCUT2D eigenvalue weighted by atomic mass is 32.1. The smallest absolute Gasteiger partial charge is 0.257 e. The molecule has 0 saturated heterocycles. The molecule has 162 valence electrons. The van der Waals surface area contributed by atoms with E-state index >= 15 is 0 Å². The van der Waals surface area contributed by atoms with Gasteiger partial charge in [-0.3, -0.25) is 10.1 Å². The van der Waals surface area contributed by atoms with Crippen LogP contribution in [0.15, 0.2) is 42.5 Å². The number of carbonyl (C=O) groups excluding carboxylic acids is 1. The largest absolute Gasteiger partial charge is 0.490 e. The van der Waals surface area contributed by atoms with Crippen molar-refractivity contribution in [2.75, 3.05) is 25.1 Å². The summed E-state index contributed by atoms with van der Waals surface area (Å²) in [7, 11) is 0. The lowest BCUT2D eigenvalue weighted by atomic mass is 10.1. The van der Waals surface area contributed by atoms with E-state index in [9.17, 15) is 4.79 Å². The minimum absolute atomic E-state index is 0.334. The van der Waals surface area contributed by atoms with Crippen LogP contribution in [0, 0.1) is 0 Å². The molecule has 0 spiro atoms. The molecule has 1 N–H and O–H groups in total. The molecule has 3 rings (SSSR count). The third kappa shape index (κ3) is 6.05.